The normalized spacial score (nSPS) is 17.4. The summed E-state index contributed by atoms with van der Waals surface area (Å²) in [5, 5.41) is 0. The average Bonchev–Trinajstić information content (AvgIpc) is 2.62. The Morgan fingerprint density at radius 1 is 1.19 bits per heavy atom. The first-order valence-electron chi connectivity index (χ1n) is 7.32. The number of likely N-dealkylation sites (tertiary alicyclic amines) is 1. The third-order valence-corrected chi connectivity index (χ3v) is 3.83. The highest BCUT2D eigenvalue weighted by atomic mass is 16.2. The Labute approximate surface area is 125 Å². The number of rotatable bonds is 5. The van der Waals surface area contributed by atoms with Crippen molar-refractivity contribution in [1.82, 2.24) is 4.90 Å². The van der Waals surface area contributed by atoms with E-state index < -0.39 is 5.41 Å². The largest absolute Gasteiger partial charge is 0.292 e. The van der Waals surface area contributed by atoms with Crippen LogP contribution in [0, 0.1) is 5.41 Å². The zero-order valence-corrected chi connectivity index (χ0v) is 12.8. The number of hydrogen-bond acceptors (Lipinski definition) is 3. The van der Waals surface area contributed by atoms with Crippen molar-refractivity contribution in [2.75, 3.05) is 6.54 Å². The molecule has 1 aliphatic rings. The summed E-state index contributed by atoms with van der Waals surface area (Å²) in [5.41, 5.74) is 1.03. The van der Waals surface area contributed by atoms with Crippen molar-refractivity contribution in [2.24, 2.45) is 5.41 Å². The van der Waals surface area contributed by atoms with Crippen molar-refractivity contribution in [3.63, 3.8) is 0 Å². The average molecular weight is 287 g/mol. The standard InChI is InChI=1S/C17H21NO3/c1-4-5-12-6-8-13(9-7-12)14(19)11-18-15(20)10-17(2,3)16(18)21/h6-9H,4-5,10-11H2,1-3H3. The van der Waals surface area contributed by atoms with E-state index in [-0.39, 0.29) is 30.6 Å². The predicted molar refractivity (Wildman–Crippen MR) is 79.9 cm³/mol. The number of carbonyl (C=O) groups is 3. The van der Waals surface area contributed by atoms with E-state index in [0.717, 1.165) is 17.7 Å². The second-order valence-electron chi connectivity index (χ2n) is 6.22. The molecule has 1 aromatic rings. The molecule has 1 saturated heterocycles. The number of ketones is 1. The van der Waals surface area contributed by atoms with Crippen LogP contribution in [0.3, 0.4) is 0 Å². The van der Waals surface area contributed by atoms with Crippen LogP contribution in [0.25, 0.3) is 0 Å². The first-order chi connectivity index (χ1) is 9.85. The Hall–Kier alpha value is -1.97. The molecule has 1 aliphatic heterocycles. The second-order valence-corrected chi connectivity index (χ2v) is 6.22. The van der Waals surface area contributed by atoms with Gasteiger partial charge in [-0.05, 0) is 12.0 Å². The highest BCUT2D eigenvalue weighted by molar-refractivity contribution is 6.10. The van der Waals surface area contributed by atoms with E-state index in [0.29, 0.717) is 5.56 Å². The molecule has 4 heteroatoms. The highest BCUT2D eigenvalue weighted by Gasteiger charge is 2.45. The van der Waals surface area contributed by atoms with Crippen LogP contribution >= 0.6 is 0 Å². The molecule has 0 spiro atoms. The topological polar surface area (TPSA) is 54.5 Å². The van der Waals surface area contributed by atoms with E-state index in [2.05, 4.69) is 6.92 Å². The molecule has 2 rings (SSSR count). The lowest BCUT2D eigenvalue weighted by Crippen LogP contribution is -2.37. The Kier molecular flexibility index (Phi) is 4.26. The Balaban J connectivity index is 2.08. The van der Waals surface area contributed by atoms with Gasteiger partial charge in [-0.2, -0.15) is 0 Å². The minimum Gasteiger partial charge on any atom is -0.292 e. The second kappa shape index (κ2) is 5.80. The van der Waals surface area contributed by atoms with Crippen LogP contribution in [0.5, 0.6) is 0 Å². The maximum Gasteiger partial charge on any atom is 0.235 e. The molecule has 0 bridgehead atoms. The molecule has 21 heavy (non-hydrogen) atoms. The first kappa shape index (κ1) is 15.4. The van der Waals surface area contributed by atoms with Gasteiger partial charge in [0.25, 0.3) is 0 Å². The Morgan fingerprint density at radius 3 is 2.29 bits per heavy atom. The number of benzene rings is 1. The fourth-order valence-electron chi connectivity index (χ4n) is 2.57. The molecule has 0 aliphatic carbocycles. The van der Waals surface area contributed by atoms with E-state index >= 15 is 0 Å². The summed E-state index contributed by atoms with van der Waals surface area (Å²) >= 11 is 0. The molecule has 0 atom stereocenters. The molecule has 1 fully saturated rings. The quantitative estimate of drug-likeness (QED) is 0.618. The van der Waals surface area contributed by atoms with Gasteiger partial charge in [-0.25, -0.2) is 0 Å². The summed E-state index contributed by atoms with van der Waals surface area (Å²) in [4.78, 5) is 37.3. The van der Waals surface area contributed by atoms with Crippen LogP contribution in [-0.2, 0) is 16.0 Å². The maximum absolute atomic E-state index is 12.2. The van der Waals surface area contributed by atoms with Crippen molar-refractivity contribution >= 4 is 17.6 Å². The molecule has 0 unspecified atom stereocenters. The lowest BCUT2D eigenvalue weighted by atomic mass is 9.92. The summed E-state index contributed by atoms with van der Waals surface area (Å²) < 4.78 is 0. The smallest absolute Gasteiger partial charge is 0.235 e. The SMILES string of the molecule is CCCc1ccc(C(=O)CN2C(=O)CC(C)(C)C2=O)cc1. The van der Waals surface area contributed by atoms with Crippen LogP contribution < -0.4 is 0 Å². The summed E-state index contributed by atoms with van der Waals surface area (Å²) in [5.74, 6) is -0.721. The van der Waals surface area contributed by atoms with Gasteiger partial charge in [0.1, 0.15) is 0 Å². The van der Waals surface area contributed by atoms with Crippen LogP contribution in [-0.4, -0.2) is 29.0 Å². The van der Waals surface area contributed by atoms with Crippen molar-refractivity contribution in [3.8, 4) is 0 Å². The first-order valence-corrected chi connectivity index (χ1v) is 7.32. The minimum absolute atomic E-state index is 0.159. The molecule has 1 heterocycles. The summed E-state index contributed by atoms with van der Waals surface area (Å²) in [7, 11) is 0. The maximum atomic E-state index is 12.2. The van der Waals surface area contributed by atoms with Crippen LogP contribution in [0.4, 0.5) is 0 Å². The molecule has 4 nitrogen and oxygen atoms in total. The molecule has 112 valence electrons. The van der Waals surface area contributed by atoms with Gasteiger partial charge in [0.05, 0.1) is 12.0 Å². The van der Waals surface area contributed by atoms with E-state index in [9.17, 15) is 14.4 Å². The molecule has 1 aromatic carbocycles. The fraction of sp³-hybridized carbons (Fsp3) is 0.471. The third kappa shape index (κ3) is 3.20. The summed E-state index contributed by atoms with van der Waals surface area (Å²) in [6.07, 6.45) is 2.21. The molecule has 0 N–H and O–H groups in total. The molecule has 0 aromatic heterocycles. The van der Waals surface area contributed by atoms with Gasteiger partial charge in [-0.1, -0.05) is 51.5 Å². The summed E-state index contributed by atoms with van der Waals surface area (Å²) in [6.45, 7) is 5.41. The number of nitrogens with zero attached hydrogens (tertiary/aromatic N) is 1. The van der Waals surface area contributed by atoms with Crippen LogP contribution in [0.1, 0.15) is 49.5 Å². The van der Waals surface area contributed by atoms with Crippen molar-refractivity contribution in [3.05, 3.63) is 35.4 Å². The molecule has 2 amide bonds. The van der Waals surface area contributed by atoms with E-state index in [1.807, 2.05) is 12.1 Å². The highest BCUT2D eigenvalue weighted by Crippen LogP contribution is 2.31. The number of Topliss-reactive ketones (excluding diaryl/α,β-unsaturated/α-hetero) is 1. The fourth-order valence-corrected chi connectivity index (χ4v) is 2.57. The third-order valence-electron chi connectivity index (χ3n) is 3.83. The van der Waals surface area contributed by atoms with Gasteiger partial charge in [0.2, 0.25) is 11.8 Å². The molecule has 0 saturated carbocycles. The van der Waals surface area contributed by atoms with Gasteiger partial charge < -0.3 is 0 Å². The van der Waals surface area contributed by atoms with E-state index in [1.54, 1.807) is 26.0 Å². The zero-order valence-electron chi connectivity index (χ0n) is 12.8. The van der Waals surface area contributed by atoms with E-state index in [1.165, 1.54) is 5.56 Å². The van der Waals surface area contributed by atoms with Gasteiger partial charge in [-0.15, -0.1) is 0 Å². The van der Waals surface area contributed by atoms with E-state index in [4.69, 9.17) is 0 Å². The van der Waals surface area contributed by atoms with Gasteiger partial charge >= 0.3 is 0 Å². The van der Waals surface area contributed by atoms with Crippen molar-refractivity contribution in [1.29, 1.82) is 0 Å². The Bertz CT molecular complexity index is 572. The number of amides is 2. The van der Waals surface area contributed by atoms with Crippen molar-refractivity contribution < 1.29 is 14.4 Å². The molecular weight excluding hydrogens is 266 g/mol. The zero-order chi connectivity index (χ0) is 15.6. The lowest BCUT2D eigenvalue weighted by Gasteiger charge is -2.17. The summed E-state index contributed by atoms with van der Waals surface area (Å²) in [6, 6.07) is 7.38. The van der Waals surface area contributed by atoms with Gasteiger partial charge in [0.15, 0.2) is 5.78 Å². The van der Waals surface area contributed by atoms with Gasteiger partial charge in [0, 0.05) is 12.0 Å². The number of hydrogen-bond donors (Lipinski definition) is 0. The minimum atomic E-state index is -0.692. The van der Waals surface area contributed by atoms with Crippen LogP contribution in [0.15, 0.2) is 24.3 Å². The Morgan fingerprint density at radius 2 is 1.81 bits per heavy atom. The van der Waals surface area contributed by atoms with Gasteiger partial charge in [-0.3, -0.25) is 19.3 Å². The van der Waals surface area contributed by atoms with Crippen molar-refractivity contribution in [2.45, 2.75) is 40.0 Å². The number of carbonyl (C=O) groups excluding carboxylic acids is 3. The predicted octanol–water partition coefficient (Wildman–Crippen LogP) is 2.61. The van der Waals surface area contributed by atoms with Crippen LogP contribution in [0.2, 0.25) is 0 Å². The molecule has 0 radical (unpaired) electrons. The number of aryl methyl sites for hydroxylation is 1. The molecular formula is C17H21NO3. The lowest BCUT2D eigenvalue weighted by molar-refractivity contribution is -0.140. The number of imide groups is 1. The monoisotopic (exact) mass is 287 g/mol.